The fourth-order valence-electron chi connectivity index (χ4n) is 5.96. The number of benzene rings is 4. The lowest BCUT2D eigenvalue weighted by Crippen LogP contribution is -2.38. The molecule has 0 aliphatic carbocycles. The molecule has 0 saturated carbocycles. The van der Waals surface area contributed by atoms with Gasteiger partial charge in [0.1, 0.15) is 5.82 Å². The number of carboxylic acid groups (broad SMARTS) is 1. The minimum absolute atomic E-state index is 0.241. The fourth-order valence-corrected chi connectivity index (χ4v) is 5.96. The van der Waals surface area contributed by atoms with E-state index in [-0.39, 0.29) is 11.7 Å². The molecule has 5 aromatic rings. The molecule has 0 spiro atoms. The van der Waals surface area contributed by atoms with Crippen LogP contribution in [-0.2, 0) is 6.54 Å². The molecule has 1 saturated heterocycles. The first-order valence-corrected chi connectivity index (χ1v) is 14.1. The molecule has 1 aromatic heterocycles. The highest BCUT2D eigenvalue weighted by Crippen LogP contribution is 2.31. The number of carbonyl (C=O) groups is 1. The van der Waals surface area contributed by atoms with E-state index in [2.05, 4.69) is 51.2 Å². The Balaban J connectivity index is 1.08. The summed E-state index contributed by atoms with van der Waals surface area (Å²) >= 11 is 0. The van der Waals surface area contributed by atoms with E-state index in [0.29, 0.717) is 5.92 Å². The zero-order valence-corrected chi connectivity index (χ0v) is 22.6. The number of aromatic amines is 1. The summed E-state index contributed by atoms with van der Waals surface area (Å²) in [6, 6.07) is 32.2. The highest BCUT2D eigenvalue weighted by Gasteiger charge is 2.24. The Morgan fingerprint density at radius 1 is 0.902 bits per heavy atom. The number of anilines is 1. The number of imidazole rings is 1. The zero-order chi connectivity index (χ0) is 27.8. The molecule has 0 radical (unpaired) electrons. The van der Waals surface area contributed by atoms with Gasteiger partial charge in [0.15, 0.2) is 6.17 Å². The van der Waals surface area contributed by atoms with Crippen LogP contribution in [0.15, 0.2) is 102 Å². The van der Waals surface area contributed by atoms with Crippen LogP contribution in [0, 0.1) is 0 Å². The first-order chi connectivity index (χ1) is 20.1. The van der Waals surface area contributed by atoms with Gasteiger partial charge in [-0.3, -0.25) is 9.89 Å². The largest absolute Gasteiger partial charge is 0.478 e. The third kappa shape index (κ3) is 5.12. The van der Waals surface area contributed by atoms with Gasteiger partial charge >= 0.3 is 5.97 Å². The second-order valence-electron chi connectivity index (χ2n) is 10.9. The summed E-state index contributed by atoms with van der Waals surface area (Å²) in [7, 11) is 0. The maximum Gasteiger partial charge on any atom is 0.335 e. The van der Waals surface area contributed by atoms with Gasteiger partial charge in [-0.15, -0.1) is 0 Å². The van der Waals surface area contributed by atoms with E-state index in [1.54, 1.807) is 18.2 Å². The molecule has 1 unspecified atom stereocenters. The van der Waals surface area contributed by atoms with Gasteiger partial charge in [-0.2, -0.15) is 0 Å². The van der Waals surface area contributed by atoms with Crippen LogP contribution in [-0.4, -0.2) is 39.0 Å². The molecule has 2 N–H and O–H groups in total. The van der Waals surface area contributed by atoms with Gasteiger partial charge in [-0.1, -0.05) is 54.6 Å². The molecule has 1 atom stereocenters. The van der Waals surface area contributed by atoms with Gasteiger partial charge in [0.25, 0.3) is 0 Å². The molecule has 7 heteroatoms. The number of hydrogen-bond acceptors (Lipinski definition) is 5. The van der Waals surface area contributed by atoms with Gasteiger partial charge < -0.3 is 15.0 Å². The maximum atomic E-state index is 11.5. The second-order valence-corrected chi connectivity index (χ2v) is 10.9. The van der Waals surface area contributed by atoms with Crippen LogP contribution in [0.2, 0.25) is 0 Å². The van der Waals surface area contributed by atoms with Crippen molar-refractivity contribution in [2.45, 2.75) is 31.5 Å². The minimum atomic E-state index is -0.941. The van der Waals surface area contributed by atoms with Gasteiger partial charge in [-0.05, 0) is 79.5 Å². The minimum Gasteiger partial charge on any atom is -0.478 e. The van der Waals surface area contributed by atoms with E-state index >= 15 is 0 Å². The predicted molar refractivity (Wildman–Crippen MR) is 160 cm³/mol. The predicted octanol–water partition coefficient (Wildman–Crippen LogP) is 5.22. The molecule has 7 rings (SSSR count). The van der Waals surface area contributed by atoms with Crippen molar-refractivity contribution < 1.29 is 9.90 Å². The van der Waals surface area contributed by atoms with Crippen LogP contribution in [0.5, 0.6) is 0 Å². The molecular weight excluding hydrogens is 510 g/mol. The number of carboxylic acids is 1. The van der Waals surface area contributed by atoms with Crippen LogP contribution in [0.1, 0.15) is 52.2 Å². The summed E-state index contributed by atoms with van der Waals surface area (Å²) < 4.78 is 0. The molecule has 3 heterocycles. The zero-order valence-electron chi connectivity index (χ0n) is 22.6. The monoisotopic (exact) mass is 541 g/mol. The van der Waals surface area contributed by atoms with Crippen molar-refractivity contribution in [1.29, 1.82) is 0 Å². The van der Waals surface area contributed by atoms with Crippen molar-refractivity contribution in [3.05, 3.63) is 130 Å². The van der Waals surface area contributed by atoms with Crippen LogP contribution in [0.4, 0.5) is 5.69 Å². The van der Waals surface area contributed by atoms with Crippen LogP contribution in [0.3, 0.4) is 0 Å². The van der Waals surface area contributed by atoms with E-state index in [1.807, 2.05) is 48.7 Å². The van der Waals surface area contributed by atoms with Crippen LogP contribution >= 0.6 is 0 Å². The maximum absolute atomic E-state index is 11.5. The van der Waals surface area contributed by atoms with E-state index in [1.165, 1.54) is 5.56 Å². The number of likely N-dealkylation sites (tertiary alicyclic amines) is 1. The average molecular weight is 542 g/mol. The number of fused-ring (bicyclic) bond motifs is 2. The number of hydrogen-bond donors (Lipinski definition) is 2. The molecule has 0 bridgehead atoms. The van der Waals surface area contributed by atoms with Crippen LogP contribution in [0.25, 0.3) is 17.2 Å². The summed E-state index contributed by atoms with van der Waals surface area (Å²) in [5.41, 5.74) is 5.80. The Morgan fingerprint density at radius 3 is 2.41 bits per heavy atom. The van der Waals surface area contributed by atoms with E-state index in [9.17, 15) is 9.90 Å². The molecule has 204 valence electrons. The fraction of sp³-hybridized carbons (Fsp3) is 0.206. The van der Waals surface area contributed by atoms with Gasteiger partial charge in [0, 0.05) is 29.6 Å². The number of nitrogens with zero attached hydrogens (tertiary/aromatic N) is 4. The topological polar surface area (TPSA) is 84.8 Å². The van der Waals surface area contributed by atoms with Crippen molar-refractivity contribution in [2.75, 3.05) is 18.0 Å². The molecule has 41 heavy (non-hydrogen) atoms. The lowest BCUT2D eigenvalue weighted by atomic mass is 9.95. The van der Waals surface area contributed by atoms with Gasteiger partial charge in [-0.25, -0.2) is 9.78 Å². The van der Waals surface area contributed by atoms with E-state index in [4.69, 9.17) is 9.98 Å². The summed E-state index contributed by atoms with van der Waals surface area (Å²) in [6.07, 6.45) is 3.97. The van der Waals surface area contributed by atoms with Crippen molar-refractivity contribution in [3.63, 3.8) is 0 Å². The number of H-pyrrole nitrogens is 1. The Kier molecular flexibility index (Phi) is 6.57. The Labute approximate surface area is 238 Å². The Hall–Kier alpha value is -4.75. The molecule has 1 fully saturated rings. The first kappa shape index (κ1) is 25.2. The number of piperidine rings is 1. The normalized spacial score (nSPS) is 17.6. The Bertz CT molecular complexity index is 1790. The molecular formula is C34H31N5O2. The first-order valence-electron chi connectivity index (χ1n) is 14.1. The van der Waals surface area contributed by atoms with E-state index < -0.39 is 5.97 Å². The summed E-state index contributed by atoms with van der Waals surface area (Å²) in [6.45, 7) is 3.02. The number of nitrogens with one attached hydrogen (secondary N) is 1. The molecule has 4 aromatic carbocycles. The molecule has 0 amide bonds. The second kappa shape index (κ2) is 10.7. The summed E-state index contributed by atoms with van der Waals surface area (Å²) in [4.78, 5) is 29.6. The van der Waals surface area contributed by atoms with E-state index in [0.717, 1.165) is 71.2 Å². The van der Waals surface area contributed by atoms with Gasteiger partial charge in [0.05, 0.1) is 22.0 Å². The third-order valence-corrected chi connectivity index (χ3v) is 8.20. The van der Waals surface area contributed by atoms with Crippen molar-refractivity contribution in [2.24, 2.45) is 4.99 Å². The van der Waals surface area contributed by atoms with Gasteiger partial charge in [0.2, 0.25) is 0 Å². The summed E-state index contributed by atoms with van der Waals surface area (Å²) in [5, 5.41) is 11.1. The number of rotatable bonds is 6. The highest BCUT2D eigenvalue weighted by molar-refractivity contribution is 5.87. The lowest BCUT2D eigenvalue weighted by molar-refractivity contribution is 0.0696. The molecule has 7 nitrogen and oxygen atoms in total. The van der Waals surface area contributed by atoms with Crippen molar-refractivity contribution in [1.82, 2.24) is 14.9 Å². The number of aromatic nitrogens is 2. The van der Waals surface area contributed by atoms with Crippen molar-refractivity contribution >= 4 is 28.9 Å². The Morgan fingerprint density at radius 2 is 1.66 bits per heavy atom. The number of para-hydroxylation sites is 3. The SMILES string of the molecule is O=C(O)c1ccc2c(c1)=CN(c1ccccc1)C(c1ccc(CN3CCC(c4nc5ccccc5[nH]4)CC3)cc1)N=2. The quantitative estimate of drug-likeness (QED) is 0.308. The standard InChI is InChI=1S/C34H31N5O2/c40-34(41)26-14-15-29-27(20-26)22-39(28-6-2-1-3-7-28)33(37-29)25-12-10-23(11-13-25)21-38-18-16-24(17-19-38)32-35-30-8-4-5-9-31(30)36-32/h1-15,20,22,24,33H,16-19,21H2,(H,35,36)(H,40,41). The lowest BCUT2D eigenvalue weighted by Gasteiger charge is -2.32. The summed E-state index contributed by atoms with van der Waals surface area (Å²) in [5.74, 6) is 0.652. The molecule has 2 aliphatic rings. The smallest absolute Gasteiger partial charge is 0.335 e. The third-order valence-electron chi connectivity index (χ3n) is 8.20. The highest BCUT2D eigenvalue weighted by atomic mass is 16.4. The average Bonchev–Trinajstić information content (AvgIpc) is 3.46. The molecule has 2 aliphatic heterocycles. The number of aromatic carboxylic acids is 1. The van der Waals surface area contributed by atoms with Crippen molar-refractivity contribution in [3.8, 4) is 0 Å². The van der Waals surface area contributed by atoms with Crippen LogP contribution < -0.4 is 15.5 Å².